The third kappa shape index (κ3) is 4.20. The van der Waals surface area contributed by atoms with Crippen LogP contribution >= 0.6 is 0 Å². The number of morpholine rings is 1. The molecular formula is C22H32N2O3. The number of ether oxygens (including phenoxy) is 2. The molecule has 27 heavy (non-hydrogen) atoms. The lowest BCUT2D eigenvalue weighted by atomic mass is 9.76. The summed E-state index contributed by atoms with van der Waals surface area (Å²) in [5.74, 6) is 0.200. The predicted molar refractivity (Wildman–Crippen MR) is 105 cm³/mol. The van der Waals surface area contributed by atoms with Crippen LogP contribution in [0.5, 0.6) is 0 Å². The fraction of sp³-hybridized carbons (Fsp3) is 0.682. The highest BCUT2D eigenvalue weighted by Gasteiger charge is 2.43. The van der Waals surface area contributed by atoms with E-state index in [1.165, 1.54) is 0 Å². The summed E-state index contributed by atoms with van der Waals surface area (Å²) in [7, 11) is 0. The maximum absolute atomic E-state index is 13.0. The molecule has 0 saturated carbocycles. The first-order valence-electron chi connectivity index (χ1n) is 10.5. The van der Waals surface area contributed by atoms with Crippen LogP contribution in [0.15, 0.2) is 24.3 Å². The molecule has 3 heterocycles. The summed E-state index contributed by atoms with van der Waals surface area (Å²) in [6.07, 6.45) is 4.50. The summed E-state index contributed by atoms with van der Waals surface area (Å²) in [4.78, 5) is 17.5. The highest BCUT2D eigenvalue weighted by atomic mass is 16.5. The van der Waals surface area contributed by atoms with Gasteiger partial charge in [0, 0.05) is 38.3 Å². The van der Waals surface area contributed by atoms with Crippen LogP contribution in [0.3, 0.4) is 0 Å². The van der Waals surface area contributed by atoms with Crippen molar-refractivity contribution in [1.29, 1.82) is 0 Å². The van der Waals surface area contributed by atoms with E-state index in [1.54, 1.807) is 0 Å². The molecule has 5 nitrogen and oxygen atoms in total. The van der Waals surface area contributed by atoms with Gasteiger partial charge in [0.15, 0.2) is 0 Å². The topological polar surface area (TPSA) is 42.0 Å². The Bertz CT molecular complexity index is 649. The van der Waals surface area contributed by atoms with Crippen molar-refractivity contribution in [3.63, 3.8) is 0 Å². The summed E-state index contributed by atoms with van der Waals surface area (Å²) < 4.78 is 11.6. The van der Waals surface area contributed by atoms with E-state index in [9.17, 15) is 4.79 Å². The fourth-order valence-corrected chi connectivity index (χ4v) is 4.82. The number of amides is 1. The summed E-state index contributed by atoms with van der Waals surface area (Å²) >= 11 is 0. The Labute approximate surface area is 162 Å². The molecule has 5 heteroatoms. The first kappa shape index (κ1) is 18.9. The lowest BCUT2D eigenvalue weighted by molar-refractivity contribution is 0.00524. The number of carbonyl (C=O) groups excluding carboxylic acids is 1. The summed E-state index contributed by atoms with van der Waals surface area (Å²) in [5, 5.41) is 0. The van der Waals surface area contributed by atoms with E-state index in [0.717, 1.165) is 89.4 Å². The van der Waals surface area contributed by atoms with Gasteiger partial charge in [-0.25, -0.2) is 0 Å². The van der Waals surface area contributed by atoms with Crippen molar-refractivity contribution >= 4 is 5.91 Å². The van der Waals surface area contributed by atoms with Crippen molar-refractivity contribution in [1.82, 2.24) is 9.80 Å². The molecule has 0 aliphatic carbocycles. The molecule has 0 unspecified atom stereocenters. The molecule has 3 aliphatic rings. The SMILES string of the molecule is CCc1ccccc1C(=O)N1CCC2(CC1)CO[C@@H](CN1CCOCC1)C2. The van der Waals surface area contributed by atoms with Crippen LogP contribution in [-0.4, -0.2) is 74.4 Å². The van der Waals surface area contributed by atoms with Gasteiger partial charge < -0.3 is 14.4 Å². The van der Waals surface area contributed by atoms with Gasteiger partial charge in [0.1, 0.15) is 0 Å². The Hall–Kier alpha value is -1.43. The maximum Gasteiger partial charge on any atom is 0.254 e. The van der Waals surface area contributed by atoms with Crippen molar-refractivity contribution in [2.45, 2.75) is 38.7 Å². The van der Waals surface area contributed by atoms with Crippen LogP contribution in [0.1, 0.15) is 42.1 Å². The van der Waals surface area contributed by atoms with Crippen molar-refractivity contribution in [2.75, 3.05) is 52.5 Å². The summed E-state index contributed by atoms with van der Waals surface area (Å²) in [6.45, 7) is 9.42. The van der Waals surface area contributed by atoms with E-state index in [1.807, 2.05) is 18.2 Å². The number of aryl methyl sites for hydroxylation is 1. The number of hydrogen-bond acceptors (Lipinski definition) is 4. The molecule has 3 fully saturated rings. The quantitative estimate of drug-likeness (QED) is 0.815. The van der Waals surface area contributed by atoms with E-state index in [4.69, 9.17) is 9.47 Å². The van der Waals surface area contributed by atoms with E-state index >= 15 is 0 Å². The van der Waals surface area contributed by atoms with Gasteiger partial charge in [-0.15, -0.1) is 0 Å². The molecule has 0 radical (unpaired) electrons. The molecule has 0 aromatic heterocycles. The molecule has 1 spiro atoms. The monoisotopic (exact) mass is 372 g/mol. The van der Waals surface area contributed by atoms with E-state index in [2.05, 4.69) is 22.8 Å². The van der Waals surface area contributed by atoms with E-state index < -0.39 is 0 Å². The number of hydrogen-bond donors (Lipinski definition) is 0. The standard InChI is InChI=1S/C22H32N2O3/c1-2-18-5-3-4-6-20(18)21(25)24-9-7-22(8-10-24)15-19(27-17-22)16-23-11-13-26-14-12-23/h3-6,19H,2,7-17H2,1H3/t19-/m1/s1. The second kappa shape index (κ2) is 8.29. The minimum absolute atomic E-state index is 0.200. The molecule has 4 rings (SSSR count). The average Bonchev–Trinajstić information content (AvgIpc) is 3.10. The molecule has 3 saturated heterocycles. The van der Waals surface area contributed by atoms with Crippen LogP contribution < -0.4 is 0 Å². The van der Waals surface area contributed by atoms with Crippen molar-refractivity contribution in [3.8, 4) is 0 Å². The highest BCUT2D eigenvalue weighted by molar-refractivity contribution is 5.95. The van der Waals surface area contributed by atoms with Gasteiger partial charge in [-0.2, -0.15) is 0 Å². The number of piperidine rings is 1. The average molecular weight is 373 g/mol. The lowest BCUT2D eigenvalue weighted by Gasteiger charge is -2.39. The van der Waals surface area contributed by atoms with Crippen molar-refractivity contribution < 1.29 is 14.3 Å². The molecule has 0 N–H and O–H groups in total. The second-order valence-electron chi connectivity index (χ2n) is 8.35. The van der Waals surface area contributed by atoms with Crippen molar-refractivity contribution in [2.24, 2.45) is 5.41 Å². The molecule has 148 valence electrons. The summed E-state index contributed by atoms with van der Waals surface area (Å²) in [6, 6.07) is 8.03. The zero-order chi connectivity index (χ0) is 18.7. The number of likely N-dealkylation sites (tertiary alicyclic amines) is 1. The fourth-order valence-electron chi connectivity index (χ4n) is 4.82. The smallest absolute Gasteiger partial charge is 0.254 e. The first-order chi connectivity index (χ1) is 13.2. The van der Waals surface area contributed by atoms with E-state index in [-0.39, 0.29) is 11.3 Å². The zero-order valence-electron chi connectivity index (χ0n) is 16.5. The molecule has 1 aromatic carbocycles. The molecular weight excluding hydrogens is 340 g/mol. The van der Waals surface area contributed by atoms with Gasteiger partial charge in [-0.1, -0.05) is 25.1 Å². The highest BCUT2D eigenvalue weighted by Crippen LogP contribution is 2.42. The Balaban J connectivity index is 1.31. The molecule has 1 aromatic rings. The normalized spacial score (nSPS) is 25.8. The number of nitrogens with zero attached hydrogens (tertiary/aromatic N) is 2. The zero-order valence-corrected chi connectivity index (χ0v) is 16.5. The molecule has 1 amide bonds. The maximum atomic E-state index is 13.0. The van der Waals surface area contributed by atoms with Crippen LogP contribution in [0, 0.1) is 5.41 Å². The van der Waals surface area contributed by atoms with Gasteiger partial charge in [-0.05, 0) is 42.7 Å². The Kier molecular flexibility index (Phi) is 5.81. The van der Waals surface area contributed by atoms with Crippen LogP contribution in [0.2, 0.25) is 0 Å². The van der Waals surface area contributed by atoms with Gasteiger partial charge >= 0.3 is 0 Å². The molecule has 0 bridgehead atoms. The number of benzene rings is 1. The minimum Gasteiger partial charge on any atom is -0.379 e. The molecule has 1 atom stereocenters. The van der Waals surface area contributed by atoms with Crippen LogP contribution in [0.25, 0.3) is 0 Å². The van der Waals surface area contributed by atoms with Gasteiger partial charge in [-0.3, -0.25) is 9.69 Å². The van der Waals surface area contributed by atoms with E-state index in [0.29, 0.717) is 6.10 Å². The number of rotatable bonds is 4. The Morgan fingerprint density at radius 3 is 2.63 bits per heavy atom. The van der Waals surface area contributed by atoms with Gasteiger partial charge in [0.2, 0.25) is 0 Å². The molecule has 3 aliphatic heterocycles. The summed E-state index contributed by atoms with van der Waals surface area (Å²) in [5.41, 5.74) is 2.30. The second-order valence-corrected chi connectivity index (χ2v) is 8.35. The van der Waals surface area contributed by atoms with Gasteiger partial charge in [0.05, 0.1) is 25.9 Å². The minimum atomic E-state index is 0.200. The van der Waals surface area contributed by atoms with Crippen LogP contribution in [0.4, 0.5) is 0 Å². The number of carbonyl (C=O) groups is 1. The van der Waals surface area contributed by atoms with Gasteiger partial charge in [0.25, 0.3) is 5.91 Å². The predicted octanol–water partition coefficient (Wildman–Crippen LogP) is 2.59. The first-order valence-corrected chi connectivity index (χ1v) is 10.5. The third-order valence-electron chi connectivity index (χ3n) is 6.59. The van der Waals surface area contributed by atoms with Crippen LogP contribution in [-0.2, 0) is 15.9 Å². The Morgan fingerprint density at radius 2 is 1.89 bits per heavy atom. The van der Waals surface area contributed by atoms with Crippen molar-refractivity contribution in [3.05, 3.63) is 35.4 Å². The lowest BCUT2D eigenvalue weighted by Crippen LogP contribution is -2.44. The Morgan fingerprint density at radius 1 is 1.15 bits per heavy atom. The third-order valence-corrected chi connectivity index (χ3v) is 6.59. The largest absolute Gasteiger partial charge is 0.379 e.